The Morgan fingerprint density at radius 1 is 1.20 bits per heavy atom. The molecule has 0 unspecified atom stereocenters. The zero-order valence-corrected chi connectivity index (χ0v) is 29.7. The van der Waals surface area contributed by atoms with Gasteiger partial charge in [0.25, 0.3) is 11.5 Å². The number of alkyl halides is 1. The SMILES string of the molecule is C=C/C(=C(CO)\C(=C/C)c1cc(Nc2ccc(N3CCC(C)(O)CC3)cn2)c(=O)n(C)c1)N(C)C(=O)/C(CF)=C(C)/C=C(\C=C)C(C)(C)O. The summed E-state index contributed by atoms with van der Waals surface area (Å²) in [5.74, 6) is -0.197. The number of piperidine rings is 1. The first-order valence-corrected chi connectivity index (χ1v) is 16.2. The maximum Gasteiger partial charge on any atom is 0.274 e. The quantitative estimate of drug-likeness (QED) is 0.165. The van der Waals surface area contributed by atoms with Crippen LogP contribution in [0.3, 0.4) is 0 Å². The Morgan fingerprint density at radius 3 is 2.35 bits per heavy atom. The van der Waals surface area contributed by atoms with Crippen molar-refractivity contribution in [1.29, 1.82) is 0 Å². The summed E-state index contributed by atoms with van der Waals surface area (Å²) in [6.45, 7) is 15.8. The average molecular weight is 676 g/mol. The minimum atomic E-state index is -1.25. The van der Waals surface area contributed by atoms with Gasteiger partial charge in [-0.2, -0.15) is 0 Å². The number of carbonyl (C=O) groups excluding carboxylic acids is 1. The molecule has 0 bridgehead atoms. The summed E-state index contributed by atoms with van der Waals surface area (Å²) in [4.78, 5) is 34.8. The number of amides is 1. The number of nitrogens with one attached hydrogen (secondary N) is 1. The predicted octanol–water partition coefficient (Wildman–Crippen LogP) is 5.34. The minimum absolute atomic E-state index is 0.135. The zero-order chi connectivity index (χ0) is 36.7. The van der Waals surface area contributed by atoms with E-state index >= 15 is 0 Å². The van der Waals surface area contributed by atoms with E-state index in [0.29, 0.717) is 59.6 Å². The van der Waals surface area contributed by atoms with E-state index in [2.05, 4.69) is 28.4 Å². The normalized spacial score (nSPS) is 16.4. The fourth-order valence-corrected chi connectivity index (χ4v) is 5.71. The van der Waals surface area contributed by atoms with E-state index in [1.807, 2.05) is 13.0 Å². The molecular formula is C38H50FN5O5. The van der Waals surface area contributed by atoms with Crippen LogP contribution < -0.4 is 15.8 Å². The molecule has 3 heterocycles. The highest BCUT2D eigenvalue weighted by Crippen LogP contribution is 2.30. The van der Waals surface area contributed by atoms with Crippen molar-refractivity contribution >= 4 is 28.7 Å². The Morgan fingerprint density at radius 2 is 1.86 bits per heavy atom. The lowest BCUT2D eigenvalue weighted by Gasteiger charge is -2.37. The van der Waals surface area contributed by atoms with Gasteiger partial charge in [0.2, 0.25) is 0 Å². The monoisotopic (exact) mass is 675 g/mol. The van der Waals surface area contributed by atoms with Gasteiger partial charge in [0.05, 0.1) is 35.3 Å². The van der Waals surface area contributed by atoms with Gasteiger partial charge < -0.3 is 35.0 Å². The molecule has 1 aliphatic heterocycles. The fraction of sp³-hybridized carbons (Fsp3) is 0.395. The van der Waals surface area contributed by atoms with Crippen molar-refractivity contribution < 1.29 is 24.5 Å². The molecule has 3 rings (SSSR count). The van der Waals surface area contributed by atoms with Gasteiger partial charge in [0, 0.05) is 50.2 Å². The number of aliphatic hydroxyl groups is 3. The number of carbonyl (C=O) groups is 1. The van der Waals surface area contributed by atoms with E-state index in [-0.39, 0.29) is 22.5 Å². The molecule has 0 aromatic carbocycles. The summed E-state index contributed by atoms with van der Waals surface area (Å²) < 4.78 is 15.8. The van der Waals surface area contributed by atoms with Crippen LogP contribution >= 0.6 is 0 Å². The maximum atomic E-state index is 14.4. The third-order valence-corrected chi connectivity index (χ3v) is 8.82. The number of hydrogen-bond donors (Lipinski definition) is 4. The molecule has 0 saturated carbocycles. The highest BCUT2D eigenvalue weighted by Gasteiger charge is 2.28. The molecule has 1 amide bonds. The van der Waals surface area contributed by atoms with E-state index in [1.165, 1.54) is 34.7 Å². The minimum Gasteiger partial charge on any atom is -0.392 e. The van der Waals surface area contributed by atoms with E-state index in [9.17, 15) is 29.3 Å². The maximum absolute atomic E-state index is 14.4. The molecule has 10 nitrogen and oxygen atoms in total. The second kappa shape index (κ2) is 16.2. The number of hydrogen-bond acceptors (Lipinski definition) is 8. The van der Waals surface area contributed by atoms with Crippen molar-refractivity contribution in [2.45, 2.75) is 58.7 Å². The lowest BCUT2D eigenvalue weighted by molar-refractivity contribution is -0.124. The summed E-state index contributed by atoms with van der Waals surface area (Å²) in [7, 11) is 3.08. The van der Waals surface area contributed by atoms with Crippen molar-refractivity contribution in [2.24, 2.45) is 7.05 Å². The summed E-state index contributed by atoms with van der Waals surface area (Å²) >= 11 is 0. The number of rotatable bonds is 13. The molecule has 49 heavy (non-hydrogen) atoms. The Balaban J connectivity index is 1.99. The van der Waals surface area contributed by atoms with E-state index in [0.717, 1.165) is 5.69 Å². The Bertz CT molecular complexity index is 1730. The molecule has 1 aliphatic rings. The molecule has 1 saturated heterocycles. The van der Waals surface area contributed by atoms with Gasteiger partial charge in [-0.15, -0.1) is 0 Å². The van der Waals surface area contributed by atoms with Gasteiger partial charge in [-0.3, -0.25) is 9.59 Å². The highest BCUT2D eigenvalue weighted by atomic mass is 19.1. The van der Waals surface area contributed by atoms with Gasteiger partial charge >= 0.3 is 0 Å². The summed E-state index contributed by atoms with van der Waals surface area (Å²) in [6.07, 6.45) is 10.8. The number of aliphatic hydroxyl groups excluding tert-OH is 1. The number of aryl methyl sites for hydroxylation is 1. The molecule has 2 aromatic heterocycles. The molecule has 0 radical (unpaired) electrons. The van der Waals surface area contributed by atoms with Crippen molar-refractivity contribution in [3.05, 3.63) is 112 Å². The number of allylic oxidation sites excluding steroid dienone is 4. The topological polar surface area (TPSA) is 131 Å². The van der Waals surface area contributed by atoms with E-state index in [4.69, 9.17) is 0 Å². The first-order chi connectivity index (χ1) is 23.0. The molecule has 0 atom stereocenters. The van der Waals surface area contributed by atoms with Crippen LogP contribution in [0.4, 0.5) is 21.6 Å². The van der Waals surface area contributed by atoms with Gasteiger partial charge in [-0.1, -0.05) is 31.4 Å². The fourth-order valence-electron chi connectivity index (χ4n) is 5.71. The lowest BCUT2D eigenvalue weighted by Crippen LogP contribution is -2.42. The van der Waals surface area contributed by atoms with Crippen LogP contribution in [0.25, 0.3) is 5.57 Å². The third-order valence-electron chi connectivity index (χ3n) is 8.82. The van der Waals surface area contributed by atoms with Crippen LogP contribution in [-0.4, -0.2) is 80.3 Å². The lowest BCUT2D eigenvalue weighted by atomic mass is 9.94. The Hall–Kier alpha value is -4.58. The Labute approximate surface area is 288 Å². The third kappa shape index (κ3) is 9.32. The highest BCUT2D eigenvalue weighted by molar-refractivity contribution is 5.97. The summed E-state index contributed by atoms with van der Waals surface area (Å²) in [6, 6.07) is 5.35. The second-order valence-electron chi connectivity index (χ2n) is 13.0. The van der Waals surface area contributed by atoms with Crippen molar-refractivity contribution in [3.8, 4) is 0 Å². The molecule has 0 spiro atoms. The number of aromatic nitrogens is 2. The van der Waals surface area contributed by atoms with Gasteiger partial charge in [-0.05, 0) is 88.5 Å². The van der Waals surface area contributed by atoms with Gasteiger partial charge in [0.1, 0.15) is 18.2 Å². The van der Waals surface area contributed by atoms with Crippen LogP contribution in [0.5, 0.6) is 0 Å². The number of anilines is 3. The van der Waals surface area contributed by atoms with Gasteiger partial charge in [0.15, 0.2) is 0 Å². The van der Waals surface area contributed by atoms with Crippen LogP contribution in [0, 0.1) is 0 Å². The summed E-state index contributed by atoms with van der Waals surface area (Å²) in [5, 5.41) is 34.4. The van der Waals surface area contributed by atoms with Crippen LogP contribution in [0.15, 0.2) is 101 Å². The molecule has 264 valence electrons. The van der Waals surface area contributed by atoms with Crippen molar-refractivity contribution in [2.75, 3.05) is 43.6 Å². The zero-order valence-electron chi connectivity index (χ0n) is 29.7. The molecule has 2 aromatic rings. The standard InChI is InChI=1S/C38H50FN5O5/c1-10-27(37(5,6)48)19-25(4)30(21-39)35(46)43(9)33(12-3)31(24-45)29(11-2)26-20-32(36(47)42(8)23-26)41-34-14-13-28(22-40-34)44-17-15-38(7,49)16-18-44/h10-14,19-20,22-23,45,48-49H,1,3,15-18,21,24H2,2,4-9H3,(H,40,41)/b27-19+,29-11-,30-25+,33-31+. The number of nitrogens with zero attached hydrogens (tertiary/aromatic N) is 4. The largest absolute Gasteiger partial charge is 0.392 e. The first-order valence-electron chi connectivity index (χ1n) is 16.2. The van der Waals surface area contributed by atoms with E-state index in [1.54, 1.807) is 65.3 Å². The van der Waals surface area contributed by atoms with E-state index < -0.39 is 30.4 Å². The molecule has 4 N–H and O–H groups in total. The van der Waals surface area contributed by atoms with Crippen LogP contribution in [-0.2, 0) is 11.8 Å². The second-order valence-corrected chi connectivity index (χ2v) is 13.0. The predicted molar refractivity (Wildman–Crippen MR) is 195 cm³/mol. The first kappa shape index (κ1) is 38.9. The van der Waals surface area contributed by atoms with Crippen molar-refractivity contribution in [1.82, 2.24) is 14.5 Å². The summed E-state index contributed by atoms with van der Waals surface area (Å²) in [5.41, 5.74) is 1.20. The smallest absolute Gasteiger partial charge is 0.274 e. The average Bonchev–Trinajstić information content (AvgIpc) is 3.05. The molecule has 1 fully saturated rings. The van der Waals surface area contributed by atoms with Crippen LogP contribution in [0.2, 0.25) is 0 Å². The Kier molecular flexibility index (Phi) is 12.9. The van der Waals surface area contributed by atoms with Gasteiger partial charge in [-0.25, -0.2) is 9.37 Å². The molecule has 0 aliphatic carbocycles. The number of pyridine rings is 2. The van der Waals surface area contributed by atoms with Crippen LogP contribution in [0.1, 0.15) is 53.0 Å². The number of halogens is 1. The molecule has 11 heteroatoms. The number of likely N-dealkylation sites (N-methyl/N-ethyl adjacent to an activating group) is 1. The van der Waals surface area contributed by atoms with Crippen molar-refractivity contribution in [3.63, 3.8) is 0 Å². The molecular weight excluding hydrogens is 625 g/mol.